The van der Waals surface area contributed by atoms with Crippen LogP contribution in [0.1, 0.15) is 54.5 Å². The smallest absolute Gasteiger partial charge is 0.308 e. The van der Waals surface area contributed by atoms with Crippen LogP contribution in [0, 0.1) is 18.2 Å². The van der Waals surface area contributed by atoms with Gasteiger partial charge in [0.25, 0.3) is 0 Å². The van der Waals surface area contributed by atoms with Crippen molar-refractivity contribution in [2.75, 3.05) is 24.5 Å². The maximum atomic E-state index is 13.5. The lowest BCUT2D eigenvalue weighted by molar-refractivity contribution is -0.136. The van der Waals surface area contributed by atoms with Gasteiger partial charge in [0.1, 0.15) is 11.0 Å². The average Bonchev–Trinajstić information content (AvgIpc) is 2.86. The normalized spacial score (nSPS) is 17.3. The van der Waals surface area contributed by atoms with Crippen LogP contribution >= 0.6 is 11.6 Å². The minimum absolute atomic E-state index is 0.155. The van der Waals surface area contributed by atoms with Crippen LogP contribution in [0.4, 0.5) is 10.1 Å². The largest absolute Gasteiger partial charge is 0.481 e. The number of carboxylic acid groups (broad SMARTS) is 1. The summed E-state index contributed by atoms with van der Waals surface area (Å²) >= 11 is 6.50. The van der Waals surface area contributed by atoms with E-state index in [2.05, 4.69) is 46.8 Å². The maximum Gasteiger partial charge on any atom is 0.308 e. The van der Waals surface area contributed by atoms with Gasteiger partial charge >= 0.3 is 5.97 Å². The Labute approximate surface area is 229 Å². The van der Waals surface area contributed by atoms with Gasteiger partial charge in [-0.05, 0) is 71.6 Å². The summed E-state index contributed by atoms with van der Waals surface area (Å²) in [5.74, 6) is -1.11. The molecule has 0 radical (unpaired) electrons. The van der Waals surface area contributed by atoms with Crippen LogP contribution in [0.2, 0.25) is 5.15 Å². The Morgan fingerprint density at radius 1 is 1.11 bits per heavy atom. The number of aryl methyl sites for hydroxylation is 1. The number of aromatic nitrogens is 1. The summed E-state index contributed by atoms with van der Waals surface area (Å²) in [6, 6.07) is 11.6. The lowest BCUT2D eigenvalue weighted by Crippen LogP contribution is -2.38. The number of rotatable bonds is 6. The van der Waals surface area contributed by atoms with E-state index < -0.39 is 5.97 Å². The molecule has 7 heteroatoms. The van der Waals surface area contributed by atoms with Crippen LogP contribution in [-0.4, -0.2) is 40.6 Å². The average molecular weight is 536 g/mol. The van der Waals surface area contributed by atoms with Crippen LogP contribution < -0.4 is 4.90 Å². The van der Waals surface area contributed by atoms with Crippen molar-refractivity contribution in [2.45, 2.75) is 59.5 Å². The van der Waals surface area contributed by atoms with E-state index in [1.165, 1.54) is 17.2 Å². The van der Waals surface area contributed by atoms with E-state index in [1.807, 2.05) is 13.0 Å². The monoisotopic (exact) mass is 535 g/mol. The second-order valence-corrected chi connectivity index (χ2v) is 11.9. The number of aliphatic carboxylic acids is 1. The van der Waals surface area contributed by atoms with E-state index in [4.69, 9.17) is 11.6 Å². The SMILES string of the molecule is Cc1cc(F)ccc1CN1CCc2cc(-c3cnc(Cl)c(CC(=O)O)c3N3CCC(C)(C)CC3)ccc2C1. The Kier molecular flexibility index (Phi) is 7.47. The first-order valence-electron chi connectivity index (χ1n) is 13.3. The lowest BCUT2D eigenvalue weighted by atomic mass is 9.82. The number of anilines is 1. The van der Waals surface area contributed by atoms with Crippen molar-refractivity contribution in [3.05, 3.63) is 81.4 Å². The molecular weight excluding hydrogens is 501 g/mol. The molecule has 5 rings (SSSR count). The zero-order valence-corrected chi connectivity index (χ0v) is 23.1. The summed E-state index contributed by atoms with van der Waals surface area (Å²) in [6.07, 6.45) is 4.63. The minimum Gasteiger partial charge on any atom is -0.481 e. The van der Waals surface area contributed by atoms with Crippen molar-refractivity contribution in [1.29, 1.82) is 0 Å². The second-order valence-electron chi connectivity index (χ2n) is 11.5. The molecule has 38 heavy (non-hydrogen) atoms. The van der Waals surface area contributed by atoms with E-state index in [9.17, 15) is 14.3 Å². The fraction of sp³-hybridized carbons (Fsp3) is 0.419. The molecule has 0 aliphatic carbocycles. The summed E-state index contributed by atoms with van der Waals surface area (Å²) < 4.78 is 13.5. The molecular formula is C31H35ClFN3O2. The summed E-state index contributed by atoms with van der Waals surface area (Å²) in [7, 11) is 0. The Morgan fingerprint density at radius 2 is 1.87 bits per heavy atom. The van der Waals surface area contributed by atoms with Gasteiger partial charge in [-0.3, -0.25) is 9.69 Å². The highest BCUT2D eigenvalue weighted by Gasteiger charge is 2.30. The van der Waals surface area contributed by atoms with E-state index in [1.54, 1.807) is 12.3 Å². The van der Waals surface area contributed by atoms with E-state index >= 15 is 0 Å². The van der Waals surface area contributed by atoms with E-state index in [0.717, 1.165) is 79.9 Å². The first kappa shape index (κ1) is 26.6. The number of hydrogen-bond donors (Lipinski definition) is 1. The van der Waals surface area contributed by atoms with E-state index in [-0.39, 0.29) is 22.8 Å². The van der Waals surface area contributed by atoms with Crippen LogP contribution in [0.25, 0.3) is 11.1 Å². The molecule has 2 aromatic carbocycles. The third-order valence-electron chi connectivity index (χ3n) is 8.17. The molecule has 1 N–H and O–H groups in total. The van der Waals surface area contributed by atoms with Gasteiger partial charge in [0.05, 0.1) is 12.1 Å². The predicted octanol–water partition coefficient (Wildman–Crippen LogP) is 6.66. The van der Waals surface area contributed by atoms with Crippen LogP contribution in [0.5, 0.6) is 0 Å². The van der Waals surface area contributed by atoms with Crippen molar-refractivity contribution < 1.29 is 14.3 Å². The van der Waals surface area contributed by atoms with Gasteiger partial charge in [0, 0.05) is 50.0 Å². The molecule has 2 aliphatic heterocycles. The van der Waals surface area contributed by atoms with E-state index in [0.29, 0.717) is 5.56 Å². The first-order valence-corrected chi connectivity index (χ1v) is 13.7. The van der Waals surface area contributed by atoms with Crippen molar-refractivity contribution in [3.8, 4) is 11.1 Å². The number of fused-ring (bicyclic) bond motifs is 1. The fourth-order valence-electron chi connectivity index (χ4n) is 5.73. The molecule has 5 nitrogen and oxygen atoms in total. The van der Waals surface area contributed by atoms with Gasteiger partial charge in [0.15, 0.2) is 0 Å². The summed E-state index contributed by atoms with van der Waals surface area (Å²) in [4.78, 5) is 20.9. The van der Waals surface area contributed by atoms with Crippen molar-refractivity contribution in [1.82, 2.24) is 9.88 Å². The predicted molar refractivity (Wildman–Crippen MR) is 150 cm³/mol. The summed E-state index contributed by atoms with van der Waals surface area (Å²) in [5.41, 5.74) is 8.47. The number of benzene rings is 2. The summed E-state index contributed by atoms with van der Waals surface area (Å²) in [6.45, 7) is 10.8. The van der Waals surface area contributed by atoms with Gasteiger partial charge in [-0.15, -0.1) is 0 Å². The van der Waals surface area contributed by atoms with Gasteiger partial charge in [-0.1, -0.05) is 49.7 Å². The Balaban J connectivity index is 1.45. The molecule has 3 aromatic rings. The first-order chi connectivity index (χ1) is 18.1. The molecule has 1 fully saturated rings. The van der Waals surface area contributed by atoms with Crippen molar-refractivity contribution in [3.63, 3.8) is 0 Å². The van der Waals surface area contributed by atoms with Gasteiger partial charge in [-0.2, -0.15) is 0 Å². The molecule has 0 saturated carbocycles. The molecule has 0 bridgehead atoms. The number of carboxylic acids is 1. The molecule has 0 unspecified atom stereocenters. The molecule has 0 spiro atoms. The molecule has 1 aromatic heterocycles. The van der Waals surface area contributed by atoms with Crippen LogP contribution in [0.3, 0.4) is 0 Å². The lowest BCUT2D eigenvalue weighted by Gasteiger charge is -2.40. The molecule has 0 amide bonds. The van der Waals surface area contributed by atoms with Gasteiger partial charge < -0.3 is 10.0 Å². The fourth-order valence-corrected chi connectivity index (χ4v) is 5.93. The van der Waals surface area contributed by atoms with Crippen LogP contribution in [0.15, 0.2) is 42.6 Å². The van der Waals surface area contributed by atoms with Crippen LogP contribution in [-0.2, 0) is 30.7 Å². The number of hydrogen-bond acceptors (Lipinski definition) is 4. The molecule has 3 heterocycles. The second kappa shape index (κ2) is 10.7. The number of halogens is 2. The highest BCUT2D eigenvalue weighted by Crippen LogP contribution is 2.41. The summed E-state index contributed by atoms with van der Waals surface area (Å²) in [5, 5.41) is 9.91. The van der Waals surface area contributed by atoms with Gasteiger partial charge in [0.2, 0.25) is 0 Å². The third kappa shape index (κ3) is 5.71. The number of piperidine rings is 1. The third-order valence-corrected chi connectivity index (χ3v) is 8.49. The number of carbonyl (C=O) groups is 1. The topological polar surface area (TPSA) is 56.7 Å². The molecule has 2 aliphatic rings. The maximum absolute atomic E-state index is 13.5. The zero-order valence-electron chi connectivity index (χ0n) is 22.4. The number of nitrogens with zero attached hydrogens (tertiary/aromatic N) is 3. The quantitative estimate of drug-likeness (QED) is 0.358. The zero-order chi connectivity index (χ0) is 27.0. The molecule has 0 atom stereocenters. The minimum atomic E-state index is -0.911. The Morgan fingerprint density at radius 3 is 2.58 bits per heavy atom. The Bertz CT molecular complexity index is 1360. The molecule has 200 valence electrons. The highest BCUT2D eigenvalue weighted by molar-refractivity contribution is 6.31. The highest BCUT2D eigenvalue weighted by atomic mass is 35.5. The standard InChI is InChI=1S/C31H35ClFN3O2/c1-20-14-25(33)7-6-23(20)18-35-11-8-21-15-22(4-5-24(21)19-35)27-17-34-30(32)26(16-28(37)38)29(27)36-12-9-31(2,3)10-13-36/h4-7,14-15,17H,8-13,16,18-19H2,1-3H3,(H,37,38). The number of pyridine rings is 1. The van der Waals surface area contributed by atoms with Gasteiger partial charge in [-0.25, -0.2) is 9.37 Å². The molecule has 1 saturated heterocycles. The van der Waals surface area contributed by atoms with Crippen molar-refractivity contribution in [2.24, 2.45) is 5.41 Å². The van der Waals surface area contributed by atoms with Crippen molar-refractivity contribution >= 4 is 23.3 Å². The Hall–Kier alpha value is -2.96.